The van der Waals surface area contributed by atoms with Crippen LogP contribution in [0.3, 0.4) is 0 Å². The van der Waals surface area contributed by atoms with Crippen LogP contribution in [0.1, 0.15) is 31.2 Å². The fourth-order valence-corrected chi connectivity index (χ4v) is 3.72. The molecular weight excluding hydrogens is 322 g/mol. The molecule has 1 aliphatic carbocycles. The van der Waals surface area contributed by atoms with Crippen molar-refractivity contribution >= 4 is 17.5 Å². The van der Waals surface area contributed by atoms with E-state index < -0.39 is 4.92 Å². The molecule has 2 amide bonds. The average Bonchev–Trinajstić information content (AvgIpc) is 3.16. The number of para-hydroxylation sites is 1. The van der Waals surface area contributed by atoms with E-state index in [1.807, 2.05) is 4.90 Å². The molecule has 1 aromatic rings. The van der Waals surface area contributed by atoms with Crippen LogP contribution < -0.4 is 0 Å². The smallest absolute Gasteiger partial charge is 0.273 e. The van der Waals surface area contributed by atoms with Gasteiger partial charge in [-0.2, -0.15) is 0 Å². The van der Waals surface area contributed by atoms with Crippen LogP contribution in [0.4, 0.5) is 5.69 Å². The molecule has 7 nitrogen and oxygen atoms in total. The highest BCUT2D eigenvalue weighted by Crippen LogP contribution is 2.27. The summed E-state index contributed by atoms with van der Waals surface area (Å²) >= 11 is 0. The van der Waals surface area contributed by atoms with Gasteiger partial charge in [0.2, 0.25) is 11.8 Å². The van der Waals surface area contributed by atoms with Crippen molar-refractivity contribution in [3.63, 3.8) is 0 Å². The lowest BCUT2D eigenvalue weighted by atomic mass is 10.1. The van der Waals surface area contributed by atoms with Crippen molar-refractivity contribution in [1.82, 2.24) is 9.80 Å². The summed E-state index contributed by atoms with van der Waals surface area (Å²) in [5.41, 5.74) is 0.410. The van der Waals surface area contributed by atoms with Crippen molar-refractivity contribution in [3.05, 3.63) is 39.9 Å². The lowest BCUT2D eigenvalue weighted by molar-refractivity contribution is -0.385. The molecule has 0 radical (unpaired) electrons. The number of nitro groups is 1. The third kappa shape index (κ3) is 3.97. The largest absolute Gasteiger partial charge is 0.339 e. The first kappa shape index (κ1) is 17.4. The van der Waals surface area contributed by atoms with E-state index >= 15 is 0 Å². The molecule has 0 aromatic heterocycles. The van der Waals surface area contributed by atoms with E-state index in [0.717, 1.165) is 25.7 Å². The van der Waals surface area contributed by atoms with Gasteiger partial charge in [0, 0.05) is 43.7 Å². The van der Waals surface area contributed by atoms with Gasteiger partial charge < -0.3 is 9.80 Å². The molecule has 7 heteroatoms. The Kier molecular flexibility index (Phi) is 5.31. The third-order valence-corrected chi connectivity index (χ3v) is 5.18. The maximum absolute atomic E-state index is 12.5. The minimum atomic E-state index is -0.458. The molecule has 0 N–H and O–H groups in total. The lowest BCUT2D eigenvalue weighted by Gasteiger charge is -2.36. The first-order valence-corrected chi connectivity index (χ1v) is 8.85. The number of benzene rings is 1. The summed E-state index contributed by atoms with van der Waals surface area (Å²) in [6, 6.07) is 6.34. The van der Waals surface area contributed by atoms with Gasteiger partial charge in [-0.1, -0.05) is 31.0 Å². The quantitative estimate of drug-likeness (QED) is 0.617. The summed E-state index contributed by atoms with van der Waals surface area (Å²) in [6.45, 7) is 2.10. The Balaban J connectivity index is 1.55. The Labute approximate surface area is 146 Å². The van der Waals surface area contributed by atoms with Gasteiger partial charge in [-0.15, -0.1) is 0 Å². The molecule has 1 aromatic carbocycles. The van der Waals surface area contributed by atoms with E-state index in [1.54, 1.807) is 23.1 Å². The SMILES string of the molecule is O=C(Cc1ccccc1[N+](=O)[O-])N1CCN(C(=O)C2CCCC2)CC1. The fraction of sp³-hybridized carbons (Fsp3) is 0.556. The van der Waals surface area contributed by atoms with Crippen molar-refractivity contribution in [1.29, 1.82) is 0 Å². The minimum Gasteiger partial charge on any atom is -0.339 e. The van der Waals surface area contributed by atoms with Crippen molar-refractivity contribution < 1.29 is 14.5 Å². The zero-order valence-corrected chi connectivity index (χ0v) is 14.2. The summed E-state index contributed by atoms with van der Waals surface area (Å²) in [4.78, 5) is 39.1. The monoisotopic (exact) mass is 345 g/mol. The predicted octanol–water partition coefficient (Wildman–Crippen LogP) is 2.00. The Hall–Kier alpha value is -2.44. The number of piperazine rings is 1. The van der Waals surface area contributed by atoms with E-state index in [0.29, 0.717) is 31.7 Å². The summed E-state index contributed by atoms with van der Waals surface area (Å²) in [5, 5.41) is 11.1. The normalized spacial score (nSPS) is 18.4. The number of carbonyl (C=O) groups excluding carboxylic acids is 2. The predicted molar refractivity (Wildman–Crippen MR) is 91.9 cm³/mol. The molecule has 1 heterocycles. The standard InChI is InChI=1S/C18H23N3O4/c22-17(13-15-7-3-4-8-16(15)21(24)25)19-9-11-20(12-10-19)18(23)14-5-1-2-6-14/h3-4,7-8,14H,1-2,5-6,9-13H2. The molecular formula is C18H23N3O4. The van der Waals surface area contributed by atoms with Crippen molar-refractivity contribution in [3.8, 4) is 0 Å². The molecule has 1 saturated carbocycles. The van der Waals surface area contributed by atoms with Crippen LogP contribution in [0.5, 0.6) is 0 Å². The molecule has 0 atom stereocenters. The highest BCUT2D eigenvalue weighted by molar-refractivity contribution is 5.81. The van der Waals surface area contributed by atoms with E-state index in [-0.39, 0.29) is 29.8 Å². The summed E-state index contributed by atoms with van der Waals surface area (Å²) in [6.07, 6.45) is 4.24. The number of rotatable bonds is 4. The second kappa shape index (κ2) is 7.63. The highest BCUT2D eigenvalue weighted by atomic mass is 16.6. The Morgan fingerprint density at radius 2 is 1.64 bits per heavy atom. The molecule has 2 aliphatic rings. The molecule has 0 bridgehead atoms. The molecule has 1 aliphatic heterocycles. The van der Waals surface area contributed by atoms with E-state index in [1.165, 1.54) is 6.07 Å². The van der Waals surface area contributed by atoms with Crippen molar-refractivity contribution in [2.45, 2.75) is 32.1 Å². The molecule has 0 spiro atoms. The van der Waals surface area contributed by atoms with Gasteiger partial charge in [-0.3, -0.25) is 19.7 Å². The average molecular weight is 345 g/mol. The Morgan fingerprint density at radius 3 is 2.28 bits per heavy atom. The Bertz CT molecular complexity index is 662. The number of carbonyl (C=O) groups is 2. The van der Waals surface area contributed by atoms with Crippen molar-refractivity contribution in [2.24, 2.45) is 5.92 Å². The minimum absolute atomic E-state index is 0.0216. The van der Waals surface area contributed by atoms with Crippen LogP contribution in [-0.4, -0.2) is 52.7 Å². The first-order valence-electron chi connectivity index (χ1n) is 8.85. The molecule has 25 heavy (non-hydrogen) atoms. The Morgan fingerprint density at radius 1 is 1.04 bits per heavy atom. The molecule has 3 rings (SSSR count). The molecule has 1 saturated heterocycles. The van der Waals surface area contributed by atoms with Crippen LogP contribution in [0.2, 0.25) is 0 Å². The lowest BCUT2D eigenvalue weighted by Crippen LogP contribution is -2.52. The second-order valence-electron chi connectivity index (χ2n) is 6.75. The molecule has 0 unspecified atom stereocenters. The van der Waals surface area contributed by atoms with Gasteiger partial charge in [0.15, 0.2) is 0 Å². The summed E-state index contributed by atoms with van der Waals surface area (Å²) in [7, 11) is 0. The maximum atomic E-state index is 12.5. The van der Waals surface area contributed by atoms with Crippen LogP contribution in [0, 0.1) is 16.0 Å². The van der Waals surface area contributed by atoms with Gasteiger partial charge in [0.25, 0.3) is 5.69 Å². The number of hydrogen-bond donors (Lipinski definition) is 0. The van der Waals surface area contributed by atoms with E-state index in [9.17, 15) is 19.7 Å². The first-order chi connectivity index (χ1) is 12.1. The maximum Gasteiger partial charge on any atom is 0.273 e. The second-order valence-corrected chi connectivity index (χ2v) is 6.75. The van der Waals surface area contributed by atoms with Crippen LogP contribution in [-0.2, 0) is 16.0 Å². The van der Waals surface area contributed by atoms with Gasteiger partial charge in [-0.25, -0.2) is 0 Å². The topological polar surface area (TPSA) is 83.8 Å². The zero-order chi connectivity index (χ0) is 17.8. The third-order valence-electron chi connectivity index (χ3n) is 5.18. The summed E-state index contributed by atoms with van der Waals surface area (Å²) < 4.78 is 0. The fourth-order valence-electron chi connectivity index (χ4n) is 3.72. The van der Waals surface area contributed by atoms with Crippen molar-refractivity contribution in [2.75, 3.05) is 26.2 Å². The number of nitrogens with zero attached hydrogens (tertiary/aromatic N) is 3. The van der Waals surface area contributed by atoms with E-state index in [4.69, 9.17) is 0 Å². The summed E-state index contributed by atoms with van der Waals surface area (Å²) in [5.74, 6) is 0.264. The van der Waals surface area contributed by atoms with Crippen LogP contribution in [0.25, 0.3) is 0 Å². The van der Waals surface area contributed by atoms with Gasteiger partial charge in [0.1, 0.15) is 0 Å². The van der Waals surface area contributed by atoms with Gasteiger partial charge >= 0.3 is 0 Å². The van der Waals surface area contributed by atoms with Gasteiger partial charge in [-0.05, 0) is 12.8 Å². The highest BCUT2D eigenvalue weighted by Gasteiger charge is 2.30. The van der Waals surface area contributed by atoms with Gasteiger partial charge in [0.05, 0.1) is 11.3 Å². The number of hydrogen-bond acceptors (Lipinski definition) is 4. The van der Waals surface area contributed by atoms with E-state index in [2.05, 4.69) is 0 Å². The molecule has 134 valence electrons. The van der Waals surface area contributed by atoms with Crippen LogP contribution >= 0.6 is 0 Å². The number of amides is 2. The zero-order valence-electron chi connectivity index (χ0n) is 14.2. The number of nitro benzene ring substituents is 1. The molecule has 2 fully saturated rings. The van der Waals surface area contributed by atoms with Crippen LogP contribution in [0.15, 0.2) is 24.3 Å².